The summed E-state index contributed by atoms with van der Waals surface area (Å²) in [5, 5.41) is 17.1. The molecular formula is C25H18N6O. The molecule has 2 heterocycles. The molecule has 0 unspecified atom stereocenters. The van der Waals surface area contributed by atoms with Gasteiger partial charge in [0, 0.05) is 23.5 Å². The predicted molar refractivity (Wildman–Crippen MR) is 123 cm³/mol. The highest BCUT2D eigenvalue weighted by molar-refractivity contribution is 6.06. The van der Waals surface area contributed by atoms with Crippen LogP contribution in [0, 0.1) is 0 Å². The Kier molecular flexibility index (Phi) is 5.20. The van der Waals surface area contributed by atoms with Crippen molar-refractivity contribution in [2.24, 2.45) is 0 Å². The van der Waals surface area contributed by atoms with Gasteiger partial charge in [0.25, 0.3) is 5.91 Å². The number of nitrogens with one attached hydrogen (secondary N) is 2. The molecule has 7 nitrogen and oxygen atoms in total. The number of benzene rings is 3. The van der Waals surface area contributed by atoms with E-state index in [0.29, 0.717) is 22.6 Å². The van der Waals surface area contributed by atoms with Gasteiger partial charge in [-0.1, -0.05) is 66.7 Å². The van der Waals surface area contributed by atoms with Gasteiger partial charge in [-0.3, -0.25) is 9.78 Å². The molecule has 0 atom stereocenters. The van der Waals surface area contributed by atoms with E-state index in [1.165, 1.54) is 0 Å². The third-order valence-electron chi connectivity index (χ3n) is 5.08. The second-order valence-corrected chi connectivity index (χ2v) is 7.16. The highest BCUT2D eigenvalue weighted by Gasteiger charge is 2.15. The molecule has 3 aromatic carbocycles. The van der Waals surface area contributed by atoms with E-state index in [-0.39, 0.29) is 5.91 Å². The van der Waals surface area contributed by atoms with E-state index in [1.807, 2.05) is 84.9 Å². The van der Waals surface area contributed by atoms with E-state index in [9.17, 15) is 4.79 Å². The molecule has 5 rings (SSSR count). The largest absolute Gasteiger partial charge is 0.321 e. The molecule has 0 spiro atoms. The topological polar surface area (TPSA) is 96.5 Å². The van der Waals surface area contributed by atoms with Crippen molar-refractivity contribution >= 4 is 11.6 Å². The van der Waals surface area contributed by atoms with Gasteiger partial charge in [-0.25, -0.2) is 5.10 Å². The average molecular weight is 418 g/mol. The van der Waals surface area contributed by atoms with Crippen LogP contribution in [-0.4, -0.2) is 31.5 Å². The molecule has 7 heteroatoms. The first-order valence-corrected chi connectivity index (χ1v) is 10.0. The van der Waals surface area contributed by atoms with Crippen molar-refractivity contribution in [2.45, 2.75) is 0 Å². The van der Waals surface area contributed by atoms with Crippen LogP contribution in [0.1, 0.15) is 10.4 Å². The lowest BCUT2D eigenvalue weighted by Crippen LogP contribution is -2.13. The summed E-state index contributed by atoms with van der Waals surface area (Å²) in [6.45, 7) is 0. The van der Waals surface area contributed by atoms with Crippen LogP contribution in [0.3, 0.4) is 0 Å². The smallest absolute Gasteiger partial charge is 0.257 e. The molecule has 0 aliphatic heterocycles. The van der Waals surface area contributed by atoms with Crippen LogP contribution in [0.15, 0.2) is 97.3 Å². The Morgan fingerprint density at radius 3 is 2.16 bits per heavy atom. The third-order valence-corrected chi connectivity index (χ3v) is 5.08. The number of anilines is 1. The minimum absolute atomic E-state index is 0.269. The third kappa shape index (κ3) is 3.99. The Hall–Kier alpha value is -4.65. The van der Waals surface area contributed by atoms with Crippen LogP contribution < -0.4 is 5.32 Å². The summed E-state index contributed by atoms with van der Waals surface area (Å²) in [4.78, 5) is 17.4. The fourth-order valence-corrected chi connectivity index (χ4v) is 3.48. The summed E-state index contributed by atoms with van der Waals surface area (Å²) in [6.07, 6.45) is 3.30. The Bertz CT molecular complexity index is 1350. The van der Waals surface area contributed by atoms with E-state index < -0.39 is 0 Å². The van der Waals surface area contributed by atoms with E-state index in [2.05, 4.69) is 30.9 Å². The summed E-state index contributed by atoms with van der Waals surface area (Å²) in [7, 11) is 0. The van der Waals surface area contributed by atoms with Gasteiger partial charge in [0.2, 0.25) is 0 Å². The number of aromatic amines is 1. The van der Waals surface area contributed by atoms with Crippen molar-refractivity contribution in [3.8, 4) is 33.6 Å². The highest BCUT2D eigenvalue weighted by atomic mass is 16.1. The number of amides is 1. The molecule has 0 bridgehead atoms. The Morgan fingerprint density at radius 1 is 0.750 bits per heavy atom. The van der Waals surface area contributed by atoms with Crippen molar-refractivity contribution in [1.29, 1.82) is 0 Å². The van der Waals surface area contributed by atoms with Gasteiger partial charge in [0.1, 0.15) is 0 Å². The Balaban J connectivity index is 1.51. The molecule has 0 fully saturated rings. The van der Waals surface area contributed by atoms with Crippen LogP contribution in [-0.2, 0) is 0 Å². The number of aromatic nitrogens is 5. The number of hydrogen-bond donors (Lipinski definition) is 2. The van der Waals surface area contributed by atoms with Gasteiger partial charge >= 0.3 is 0 Å². The van der Waals surface area contributed by atoms with Crippen LogP contribution >= 0.6 is 0 Å². The second kappa shape index (κ2) is 8.61. The van der Waals surface area contributed by atoms with E-state index >= 15 is 0 Å². The van der Waals surface area contributed by atoms with Gasteiger partial charge in [0.15, 0.2) is 5.82 Å². The highest BCUT2D eigenvalue weighted by Crippen LogP contribution is 2.31. The standard InChI is InChI=1S/C25H18N6O/c32-25(21-13-20(15-26-16-21)18-9-5-2-6-10-18)27-23-14-19(17-7-3-1-4-8-17)11-12-22(23)24-28-30-31-29-24/h1-16H,(H,27,32)(H,28,29,30,31). The molecule has 0 aliphatic rings. The molecule has 2 aromatic heterocycles. The molecule has 1 amide bonds. The lowest BCUT2D eigenvalue weighted by Gasteiger charge is -2.12. The van der Waals surface area contributed by atoms with Crippen molar-refractivity contribution < 1.29 is 4.79 Å². The van der Waals surface area contributed by atoms with Crippen LogP contribution in [0.4, 0.5) is 5.69 Å². The minimum atomic E-state index is -0.269. The van der Waals surface area contributed by atoms with Gasteiger partial charge in [-0.15, -0.1) is 5.10 Å². The molecule has 5 aromatic rings. The first-order valence-electron chi connectivity index (χ1n) is 10.0. The summed E-state index contributed by atoms with van der Waals surface area (Å²) in [6, 6.07) is 27.4. The number of H-pyrrole nitrogens is 1. The Labute approximate surface area is 184 Å². The Morgan fingerprint density at radius 2 is 1.47 bits per heavy atom. The van der Waals surface area contributed by atoms with Gasteiger partial charge < -0.3 is 5.32 Å². The van der Waals surface area contributed by atoms with Gasteiger partial charge in [-0.05, 0) is 45.3 Å². The van der Waals surface area contributed by atoms with E-state index in [0.717, 1.165) is 22.3 Å². The summed E-state index contributed by atoms with van der Waals surface area (Å²) in [5.74, 6) is 0.199. The van der Waals surface area contributed by atoms with Gasteiger partial charge in [-0.2, -0.15) is 0 Å². The maximum Gasteiger partial charge on any atom is 0.257 e. The lowest BCUT2D eigenvalue weighted by molar-refractivity contribution is 0.102. The van der Waals surface area contributed by atoms with Gasteiger partial charge in [0.05, 0.1) is 11.3 Å². The van der Waals surface area contributed by atoms with Crippen molar-refractivity contribution in [3.05, 3.63) is 103 Å². The maximum absolute atomic E-state index is 13.2. The number of pyridine rings is 1. The fraction of sp³-hybridized carbons (Fsp3) is 0. The molecular weight excluding hydrogens is 400 g/mol. The molecule has 0 radical (unpaired) electrons. The van der Waals surface area contributed by atoms with Crippen LogP contribution in [0.5, 0.6) is 0 Å². The zero-order valence-electron chi connectivity index (χ0n) is 16.9. The summed E-state index contributed by atoms with van der Waals surface area (Å²) < 4.78 is 0. The molecule has 0 aliphatic carbocycles. The van der Waals surface area contributed by atoms with E-state index in [1.54, 1.807) is 12.4 Å². The van der Waals surface area contributed by atoms with Crippen LogP contribution in [0.2, 0.25) is 0 Å². The number of nitrogens with zero attached hydrogens (tertiary/aromatic N) is 4. The quantitative estimate of drug-likeness (QED) is 0.425. The zero-order chi connectivity index (χ0) is 21.8. The number of hydrogen-bond acceptors (Lipinski definition) is 5. The summed E-state index contributed by atoms with van der Waals surface area (Å²) >= 11 is 0. The molecule has 0 saturated carbocycles. The number of carbonyl (C=O) groups excluding carboxylic acids is 1. The normalized spacial score (nSPS) is 10.6. The number of carbonyl (C=O) groups is 1. The second-order valence-electron chi connectivity index (χ2n) is 7.16. The number of tetrazole rings is 1. The predicted octanol–water partition coefficient (Wildman–Crippen LogP) is 4.85. The first kappa shape index (κ1) is 19.3. The van der Waals surface area contributed by atoms with Crippen molar-refractivity contribution in [3.63, 3.8) is 0 Å². The molecule has 32 heavy (non-hydrogen) atoms. The zero-order valence-corrected chi connectivity index (χ0v) is 16.9. The van der Waals surface area contributed by atoms with E-state index in [4.69, 9.17) is 0 Å². The summed E-state index contributed by atoms with van der Waals surface area (Å²) in [5.41, 5.74) is 5.62. The first-order chi connectivity index (χ1) is 15.8. The molecule has 2 N–H and O–H groups in total. The SMILES string of the molecule is O=C(Nc1cc(-c2ccccc2)ccc1-c1nnn[nH]1)c1cncc(-c2ccccc2)c1. The lowest BCUT2D eigenvalue weighted by atomic mass is 10.0. The van der Waals surface area contributed by atoms with Crippen molar-refractivity contribution in [2.75, 3.05) is 5.32 Å². The van der Waals surface area contributed by atoms with Crippen LogP contribution in [0.25, 0.3) is 33.6 Å². The fourth-order valence-electron chi connectivity index (χ4n) is 3.48. The molecule has 154 valence electrons. The number of rotatable bonds is 5. The maximum atomic E-state index is 13.2. The molecule has 0 saturated heterocycles. The van der Waals surface area contributed by atoms with Crippen molar-refractivity contribution in [1.82, 2.24) is 25.6 Å². The average Bonchev–Trinajstić information content (AvgIpc) is 3.40. The monoisotopic (exact) mass is 418 g/mol. The minimum Gasteiger partial charge on any atom is -0.321 e.